The predicted octanol–water partition coefficient (Wildman–Crippen LogP) is 3.52. The van der Waals surface area contributed by atoms with Gasteiger partial charge < -0.3 is 4.74 Å². The van der Waals surface area contributed by atoms with Crippen LogP contribution in [0.3, 0.4) is 0 Å². The minimum Gasteiger partial charge on any atom is -0.463 e. The number of ether oxygens (including phenoxy) is 1. The highest BCUT2D eigenvalue weighted by molar-refractivity contribution is 6.05. The Kier molecular flexibility index (Phi) is 3.93. The topological polar surface area (TPSA) is 69.4 Å². The molecule has 0 N–H and O–H groups in total. The number of nitrogens with zero attached hydrogens (tertiary/aromatic N) is 1. The monoisotopic (exact) mass is 309 g/mol. The minimum atomic E-state index is -0.436. The molecule has 5 heteroatoms. The highest BCUT2D eigenvalue weighted by atomic mass is 16.6. The molecule has 0 saturated carbocycles. The van der Waals surface area contributed by atoms with Gasteiger partial charge in [0.05, 0.1) is 11.5 Å². The molecule has 0 aromatic heterocycles. The summed E-state index contributed by atoms with van der Waals surface area (Å²) in [6.07, 6.45) is 0.479. The number of hydrogen-bond donors (Lipinski definition) is 0. The van der Waals surface area contributed by atoms with E-state index in [1.165, 1.54) is 12.1 Å². The second-order valence-corrected chi connectivity index (χ2v) is 5.22. The number of nitro groups is 1. The molecule has 2 aromatic carbocycles. The third-order valence-corrected chi connectivity index (χ3v) is 3.82. The fourth-order valence-electron chi connectivity index (χ4n) is 2.86. The standard InChI is InChI=1S/C18H15NO4/c1-2-23-18(20)16-11-12-6-3-4-9-15(12)17(16)13-7-5-8-14(10-13)19(21)22/h3-10H,2,11H2,1H3. The molecule has 1 aliphatic rings. The van der Waals surface area contributed by atoms with Gasteiger partial charge in [0.15, 0.2) is 0 Å². The molecule has 3 rings (SSSR count). The normalized spacial score (nSPS) is 12.9. The minimum absolute atomic E-state index is 0.00240. The summed E-state index contributed by atoms with van der Waals surface area (Å²) >= 11 is 0. The van der Waals surface area contributed by atoms with Crippen molar-refractivity contribution in [2.75, 3.05) is 6.61 Å². The first kappa shape index (κ1) is 15.0. The van der Waals surface area contributed by atoms with Gasteiger partial charge in [0.1, 0.15) is 0 Å². The molecule has 1 aliphatic carbocycles. The second-order valence-electron chi connectivity index (χ2n) is 5.22. The average molecular weight is 309 g/mol. The lowest BCUT2D eigenvalue weighted by Gasteiger charge is -2.08. The van der Waals surface area contributed by atoms with E-state index in [0.717, 1.165) is 16.7 Å². The highest BCUT2D eigenvalue weighted by Crippen LogP contribution is 2.38. The zero-order valence-corrected chi connectivity index (χ0v) is 12.6. The second kappa shape index (κ2) is 6.04. The molecule has 0 saturated heterocycles. The number of fused-ring (bicyclic) bond motifs is 1. The zero-order valence-electron chi connectivity index (χ0n) is 12.6. The van der Waals surface area contributed by atoms with Crippen molar-refractivity contribution in [3.63, 3.8) is 0 Å². The highest BCUT2D eigenvalue weighted by Gasteiger charge is 2.28. The number of esters is 1. The lowest BCUT2D eigenvalue weighted by atomic mass is 9.97. The molecular weight excluding hydrogens is 294 g/mol. The Hall–Kier alpha value is -2.95. The smallest absolute Gasteiger partial charge is 0.334 e. The van der Waals surface area contributed by atoms with E-state index in [-0.39, 0.29) is 11.7 Å². The summed E-state index contributed by atoms with van der Waals surface area (Å²) in [4.78, 5) is 22.9. The Labute approximate surface area is 133 Å². The Balaban J connectivity index is 2.17. The number of hydrogen-bond acceptors (Lipinski definition) is 4. The lowest BCUT2D eigenvalue weighted by Crippen LogP contribution is -2.09. The van der Waals surface area contributed by atoms with Gasteiger partial charge in [0.25, 0.3) is 5.69 Å². The van der Waals surface area contributed by atoms with Crippen LogP contribution in [-0.2, 0) is 16.0 Å². The number of carbonyl (C=O) groups is 1. The van der Waals surface area contributed by atoms with Crippen molar-refractivity contribution in [2.45, 2.75) is 13.3 Å². The molecule has 2 aromatic rings. The first-order chi connectivity index (χ1) is 11.1. The van der Waals surface area contributed by atoms with E-state index in [4.69, 9.17) is 4.74 Å². The van der Waals surface area contributed by atoms with E-state index < -0.39 is 4.92 Å². The summed E-state index contributed by atoms with van der Waals surface area (Å²) < 4.78 is 5.16. The number of benzene rings is 2. The molecule has 116 valence electrons. The van der Waals surface area contributed by atoms with Gasteiger partial charge in [-0.05, 0) is 23.6 Å². The van der Waals surface area contributed by atoms with Crippen molar-refractivity contribution in [3.05, 3.63) is 80.9 Å². The van der Waals surface area contributed by atoms with Gasteiger partial charge in [-0.1, -0.05) is 36.4 Å². The van der Waals surface area contributed by atoms with Crippen molar-refractivity contribution in [3.8, 4) is 0 Å². The number of carbonyl (C=O) groups excluding carboxylic acids is 1. The van der Waals surface area contributed by atoms with Crippen LogP contribution >= 0.6 is 0 Å². The summed E-state index contributed by atoms with van der Waals surface area (Å²) in [6, 6.07) is 14.0. The first-order valence-electron chi connectivity index (χ1n) is 7.35. The lowest BCUT2D eigenvalue weighted by molar-refractivity contribution is -0.384. The van der Waals surface area contributed by atoms with E-state index in [2.05, 4.69) is 0 Å². The van der Waals surface area contributed by atoms with E-state index >= 15 is 0 Å². The number of rotatable bonds is 4. The van der Waals surface area contributed by atoms with Crippen molar-refractivity contribution >= 4 is 17.2 Å². The molecule has 23 heavy (non-hydrogen) atoms. The van der Waals surface area contributed by atoms with E-state index in [1.54, 1.807) is 19.1 Å². The Morgan fingerprint density at radius 3 is 2.74 bits per heavy atom. The molecule has 5 nitrogen and oxygen atoms in total. The van der Waals surface area contributed by atoms with Crippen LogP contribution < -0.4 is 0 Å². The van der Waals surface area contributed by atoms with Gasteiger partial charge in [0, 0.05) is 29.7 Å². The summed E-state index contributed by atoms with van der Waals surface area (Å²) in [6.45, 7) is 2.05. The van der Waals surface area contributed by atoms with Crippen LogP contribution in [0.15, 0.2) is 54.1 Å². The van der Waals surface area contributed by atoms with Crippen molar-refractivity contribution in [2.24, 2.45) is 0 Å². The van der Waals surface area contributed by atoms with Crippen LogP contribution in [0.4, 0.5) is 5.69 Å². The molecule has 0 unspecified atom stereocenters. The zero-order chi connectivity index (χ0) is 16.4. The van der Waals surface area contributed by atoms with Crippen LogP contribution in [0.2, 0.25) is 0 Å². The molecule has 0 heterocycles. The van der Waals surface area contributed by atoms with E-state index in [1.807, 2.05) is 24.3 Å². The molecule has 0 bridgehead atoms. The molecule has 0 amide bonds. The quantitative estimate of drug-likeness (QED) is 0.492. The Bertz CT molecular complexity index is 823. The number of non-ortho nitro benzene ring substituents is 1. The van der Waals surface area contributed by atoms with Crippen LogP contribution in [0, 0.1) is 10.1 Å². The van der Waals surface area contributed by atoms with Crippen LogP contribution in [-0.4, -0.2) is 17.5 Å². The van der Waals surface area contributed by atoms with Crippen molar-refractivity contribution in [1.29, 1.82) is 0 Å². The average Bonchev–Trinajstić information content (AvgIpc) is 2.94. The van der Waals surface area contributed by atoms with Crippen LogP contribution in [0.5, 0.6) is 0 Å². The van der Waals surface area contributed by atoms with Crippen molar-refractivity contribution < 1.29 is 14.5 Å². The van der Waals surface area contributed by atoms with Gasteiger partial charge in [-0.25, -0.2) is 4.79 Å². The number of nitro benzene ring substituents is 1. The Morgan fingerprint density at radius 1 is 1.22 bits per heavy atom. The maximum Gasteiger partial charge on any atom is 0.334 e. The summed E-state index contributed by atoms with van der Waals surface area (Å²) in [5.74, 6) is -0.370. The summed E-state index contributed by atoms with van der Waals surface area (Å²) in [7, 11) is 0. The SMILES string of the molecule is CCOC(=O)C1=C(c2cccc([N+](=O)[O-])c2)c2ccccc2C1. The van der Waals surface area contributed by atoms with Gasteiger partial charge in [-0.15, -0.1) is 0 Å². The largest absolute Gasteiger partial charge is 0.463 e. The molecule has 0 radical (unpaired) electrons. The maximum absolute atomic E-state index is 12.3. The first-order valence-corrected chi connectivity index (χ1v) is 7.35. The van der Waals surface area contributed by atoms with Crippen LogP contribution in [0.1, 0.15) is 23.6 Å². The molecule has 0 spiro atoms. The third kappa shape index (κ3) is 2.73. The molecule has 0 aliphatic heterocycles. The van der Waals surface area contributed by atoms with Crippen molar-refractivity contribution in [1.82, 2.24) is 0 Å². The van der Waals surface area contributed by atoms with Gasteiger partial charge in [-0.2, -0.15) is 0 Å². The van der Waals surface area contributed by atoms with E-state index in [0.29, 0.717) is 24.2 Å². The summed E-state index contributed by atoms with van der Waals surface area (Å²) in [5, 5.41) is 11.0. The van der Waals surface area contributed by atoms with Gasteiger partial charge in [-0.3, -0.25) is 10.1 Å². The van der Waals surface area contributed by atoms with Gasteiger partial charge in [0.2, 0.25) is 0 Å². The fourth-order valence-corrected chi connectivity index (χ4v) is 2.86. The Morgan fingerprint density at radius 2 is 2.00 bits per heavy atom. The molecule has 0 atom stereocenters. The predicted molar refractivity (Wildman–Crippen MR) is 85.9 cm³/mol. The van der Waals surface area contributed by atoms with E-state index in [9.17, 15) is 14.9 Å². The molecular formula is C18H15NO4. The third-order valence-electron chi connectivity index (χ3n) is 3.82. The van der Waals surface area contributed by atoms with Gasteiger partial charge >= 0.3 is 5.97 Å². The fraction of sp³-hybridized carbons (Fsp3) is 0.167. The maximum atomic E-state index is 12.3. The summed E-state index contributed by atoms with van der Waals surface area (Å²) in [5.41, 5.74) is 3.89. The molecule has 0 fully saturated rings. The van der Waals surface area contributed by atoms with Crippen LogP contribution in [0.25, 0.3) is 5.57 Å².